The summed E-state index contributed by atoms with van der Waals surface area (Å²) in [5, 5.41) is 0. The lowest BCUT2D eigenvalue weighted by molar-refractivity contribution is 0.0384. The smallest absolute Gasteiger partial charge is 0.0475 e. The predicted molar refractivity (Wildman–Crippen MR) is 78.1 cm³/mol. The molecule has 1 unspecified atom stereocenters. The van der Waals surface area contributed by atoms with Crippen LogP contribution in [-0.4, -0.2) is 19.3 Å². The van der Waals surface area contributed by atoms with Gasteiger partial charge in [-0.25, -0.2) is 0 Å². The van der Waals surface area contributed by atoms with Crippen molar-refractivity contribution in [1.29, 1.82) is 0 Å². The Labute approximate surface area is 116 Å². The van der Waals surface area contributed by atoms with Crippen LogP contribution in [0.1, 0.15) is 44.1 Å². The third kappa shape index (κ3) is 2.85. The highest BCUT2D eigenvalue weighted by molar-refractivity contribution is 5.28. The van der Waals surface area contributed by atoms with Crippen LogP contribution in [0.2, 0.25) is 0 Å². The van der Waals surface area contributed by atoms with E-state index < -0.39 is 0 Å². The molecule has 1 aliphatic carbocycles. The van der Waals surface area contributed by atoms with Crippen LogP contribution in [0.5, 0.6) is 0 Å². The minimum Gasteiger partial charge on any atom is -0.381 e. The maximum Gasteiger partial charge on any atom is 0.0475 e. The second-order valence-electron chi connectivity index (χ2n) is 6.26. The van der Waals surface area contributed by atoms with E-state index in [2.05, 4.69) is 30.3 Å². The minimum atomic E-state index is 0.147. The van der Waals surface area contributed by atoms with E-state index in [9.17, 15) is 0 Å². The number of rotatable bonds is 5. The molecule has 19 heavy (non-hydrogen) atoms. The lowest BCUT2D eigenvalue weighted by Crippen LogP contribution is -2.49. The lowest BCUT2D eigenvalue weighted by atomic mass is 9.67. The van der Waals surface area contributed by atoms with Crippen LogP contribution in [0, 0.1) is 5.92 Å². The molecule has 2 fully saturated rings. The van der Waals surface area contributed by atoms with Crippen molar-refractivity contribution >= 4 is 0 Å². The van der Waals surface area contributed by atoms with Crippen molar-refractivity contribution in [2.24, 2.45) is 11.7 Å². The van der Waals surface area contributed by atoms with Gasteiger partial charge in [0.1, 0.15) is 0 Å². The first-order chi connectivity index (χ1) is 9.31. The topological polar surface area (TPSA) is 35.2 Å². The van der Waals surface area contributed by atoms with Crippen molar-refractivity contribution in [3.8, 4) is 0 Å². The van der Waals surface area contributed by atoms with Gasteiger partial charge in [-0.15, -0.1) is 0 Å². The molecule has 2 heteroatoms. The van der Waals surface area contributed by atoms with Gasteiger partial charge in [-0.2, -0.15) is 0 Å². The minimum absolute atomic E-state index is 0.147. The molecule has 1 aromatic carbocycles. The van der Waals surface area contributed by atoms with Gasteiger partial charge in [0.25, 0.3) is 0 Å². The summed E-state index contributed by atoms with van der Waals surface area (Å²) in [5.74, 6) is 0.971. The molecule has 0 bridgehead atoms. The summed E-state index contributed by atoms with van der Waals surface area (Å²) in [6.07, 6.45) is 7.48. The van der Waals surface area contributed by atoms with E-state index in [-0.39, 0.29) is 11.5 Å². The molecule has 1 saturated carbocycles. The van der Waals surface area contributed by atoms with E-state index >= 15 is 0 Å². The van der Waals surface area contributed by atoms with E-state index in [0.717, 1.165) is 32.0 Å². The zero-order valence-electron chi connectivity index (χ0n) is 11.7. The van der Waals surface area contributed by atoms with E-state index in [1.54, 1.807) is 0 Å². The number of ether oxygens (including phenoxy) is 1. The fourth-order valence-corrected chi connectivity index (χ4v) is 3.48. The van der Waals surface area contributed by atoms with E-state index in [1.807, 2.05) is 0 Å². The third-order valence-corrected chi connectivity index (χ3v) is 5.03. The van der Waals surface area contributed by atoms with Crippen molar-refractivity contribution in [2.75, 3.05) is 13.2 Å². The van der Waals surface area contributed by atoms with Gasteiger partial charge in [0.15, 0.2) is 0 Å². The van der Waals surface area contributed by atoms with Crippen LogP contribution in [0.3, 0.4) is 0 Å². The highest BCUT2D eigenvalue weighted by atomic mass is 16.5. The van der Waals surface area contributed by atoms with Crippen LogP contribution in [0.25, 0.3) is 0 Å². The number of hydrogen-bond donors (Lipinski definition) is 1. The molecule has 1 aliphatic heterocycles. The summed E-state index contributed by atoms with van der Waals surface area (Å²) in [5.41, 5.74) is 8.20. The Morgan fingerprint density at radius 1 is 1.16 bits per heavy atom. The molecule has 0 spiro atoms. The Hall–Kier alpha value is -0.860. The first-order valence-electron chi connectivity index (χ1n) is 7.70. The zero-order valence-corrected chi connectivity index (χ0v) is 11.7. The molecule has 1 atom stereocenters. The van der Waals surface area contributed by atoms with Crippen LogP contribution >= 0.6 is 0 Å². The molecule has 104 valence electrons. The summed E-state index contributed by atoms with van der Waals surface area (Å²) in [4.78, 5) is 0. The average Bonchev–Trinajstić information content (AvgIpc) is 3.30. The summed E-state index contributed by atoms with van der Waals surface area (Å²) >= 11 is 0. The highest BCUT2D eigenvalue weighted by Crippen LogP contribution is 2.41. The second-order valence-corrected chi connectivity index (χ2v) is 6.26. The van der Waals surface area contributed by atoms with E-state index in [0.29, 0.717) is 0 Å². The summed E-state index contributed by atoms with van der Waals surface area (Å²) in [6, 6.07) is 11.1. The van der Waals surface area contributed by atoms with Crippen molar-refractivity contribution in [3.05, 3.63) is 35.9 Å². The molecule has 2 N–H and O–H groups in total. The molecule has 0 amide bonds. The second kappa shape index (κ2) is 5.64. The highest BCUT2D eigenvalue weighted by Gasteiger charge is 2.40. The fourth-order valence-electron chi connectivity index (χ4n) is 3.48. The van der Waals surface area contributed by atoms with Crippen LogP contribution in [0.15, 0.2) is 30.3 Å². The van der Waals surface area contributed by atoms with E-state index in [4.69, 9.17) is 10.5 Å². The Bertz CT molecular complexity index is 393. The van der Waals surface area contributed by atoms with Crippen molar-refractivity contribution in [1.82, 2.24) is 0 Å². The van der Waals surface area contributed by atoms with Gasteiger partial charge in [0.05, 0.1) is 0 Å². The standard InChI is InChI=1S/C17H25NO/c18-16(9-8-14-6-7-14)17(10-12-19-13-11-17)15-4-2-1-3-5-15/h1-5,14,16H,6-13,18H2. The first-order valence-corrected chi connectivity index (χ1v) is 7.70. The number of benzene rings is 1. The molecule has 2 nitrogen and oxygen atoms in total. The summed E-state index contributed by atoms with van der Waals surface area (Å²) in [7, 11) is 0. The first kappa shape index (κ1) is 13.1. The number of nitrogens with two attached hydrogens (primary N) is 1. The van der Waals surface area contributed by atoms with E-state index in [1.165, 1.54) is 31.2 Å². The van der Waals surface area contributed by atoms with Crippen LogP contribution in [0.4, 0.5) is 0 Å². The SMILES string of the molecule is NC(CCC1CC1)C1(c2ccccc2)CCOCC1. The molecule has 0 radical (unpaired) electrons. The molecular formula is C17H25NO. The van der Waals surface area contributed by atoms with Gasteiger partial charge in [0, 0.05) is 24.7 Å². The Balaban J connectivity index is 1.78. The molecule has 2 aliphatic rings. The van der Waals surface area contributed by atoms with Gasteiger partial charge in [-0.1, -0.05) is 43.2 Å². The largest absolute Gasteiger partial charge is 0.381 e. The Morgan fingerprint density at radius 3 is 2.47 bits per heavy atom. The Kier molecular flexibility index (Phi) is 3.90. The van der Waals surface area contributed by atoms with Crippen molar-refractivity contribution in [2.45, 2.75) is 50.0 Å². The molecule has 1 saturated heterocycles. The number of hydrogen-bond acceptors (Lipinski definition) is 2. The van der Waals surface area contributed by atoms with Gasteiger partial charge < -0.3 is 10.5 Å². The van der Waals surface area contributed by atoms with Gasteiger partial charge in [-0.3, -0.25) is 0 Å². The molecule has 0 aromatic heterocycles. The maximum absolute atomic E-state index is 6.64. The van der Waals surface area contributed by atoms with Crippen molar-refractivity contribution in [3.63, 3.8) is 0 Å². The molecular weight excluding hydrogens is 234 g/mol. The zero-order chi connectivity index (χ0) is 13.1. The summed E-state index contributed by atoms with van der Waals surface area (Å²) in [6.45, 7) is 1.71. The third-order valence-electron chi connectivity index (χ3n) is 5.03. The predicted octanol–water partition coefficient (Wildman–Crippen LogP) is 3.25. The van der Waals surface area contributed by atoms with Crippen molar-refractivity contribution < 1.29 is 4.74 Å². The monoisotopic (exact) mass is 259 g/mol. The average molecular weight is 259 g/mol. The van der Waals surface area contributed by atoms with Crippen LogP contribution < -0.4 is 5.73 Å². The normalized spacial score (nSPS) is 24.1. The fraction of sp³-hybridized carbons (Fsp3) is 0.647. The lowest BCUT2D eigenvalue weighted by Gasteiger charge is -2.42. The van der Waals surface area contributed by atoms with Gasteiger partial charge in [0.2, 0.25) is 0 Å². The molecule has 1 aromatic rings. The quantitative estimate of drug-likeness (QED) is 0.881. The maximum atomic E-state index is 6.64. The van der Waals surface area contributed by atoms with Gasteiger partial charge in [-0.05, 0) is 37.2 Å². The Morgan fingerprint density at radius 2 is 1.84 bits per heavy atom. The van der Waals surface area contributed by atoms with Crippen LogP contribution in [-0.2, 0) is 10.2 Å². The summed E-state index contributed by atoms with van der Waals surface area (Å²) < 4.78 is 5.58. The molecule has 3 rings (SSSR count). The molecule has 1 heterocycles. The van der Waals surface area contributed by atoms with Gasteiger partial charge >= 0.3 is 0 Å².